The van der Waals surface area contributed by atoms with Gasteiger partial charge in [-0.05, 0) is 36.6 Å². The molecule has 2 atom stereocenters. The first-order valence-electron chi connectivity index (χ1n) is 5.71. The molecule has 1 aromatic rings. The van der Waals surface area contributed by atoms with Gasteiger partial charge in [-0.15, -0.1) is 0 Å². The van der Waals surface area contributed by atoms with Crippen LogP contribution >= 0.6 is 0 Å². The molecule has 88 valence electrons. The zero-order chi connectivity index (χ0) is 11.5. The highest BCUT2D eigenvalue weighted by molar-refractivity contribution is 5.44. The summed E-state index contributed by atoms with van der Waals surface area (Å²) in [5.74, 6) is 2.27. The van der Waals surface area contributed by atoms with Gasteiger partial charge in [-0.2, -0.15) is 0 Å². The average Bonchev–Trinajstić information content (AvgIpc) is 2.74. The van der Waals surface area contributed by atoms with Crippen molar-refractivity contribution in [3.8, 4) is 11.5 Å². The van der Waals surface area contributed by atoms with Gasteiger partial charge in [0.2, 0.25) is 0 Å². The lowest BCUT2D eigenvalue weighted by Gasteiger charge is -2.18. The first kappa shape index (κ1) is 11.3. The molecule has 1 saturated heterocycles. The topological polar surface area (TPSA) is 30.5 Å². The third-order valence-electron chi connectivity index (χ3n) is 3.30. The highest BCUT2D eigenvalue weighted by Crippen LogP contribution is 2.34. The van der Waals surface area contributed by atoms with Gasteiger partial charge in [0, 0.05) is 6.04 Å². The SMILES string of the molecule is COc1ccc([C@H]2NCC[C@@H]2C)cc1OC. The number of benzene rings is 1. The lowest BCUT2D eigenvalue weighted by molar-refractivity contribution is 0.353. The Bertz CT molecular complexity index is 365. The van der Waals surface area contributed by atoms with E-state index in [1.807, 2.05) is 6.07 Å². The molecular formula is C13H19NO2. The molecule has 1 heterocycles. The van der Waals surface area contributed by atoms with Crippen molar-refractivity contribution in [3.05, 3.63) is 23.8 Å². The van der Waals surface area contributed by atoms with Gasteiger partial charge in [-0.1, -0.05) is 13.0 Å². The maximum atomic E-state index is 5.32. The number of methoxy groups -OCH3 is 2. The zero-order valence-corrected chi connectivity index (χ0v) is 10.1. The van der Waals surface area contributed by atoms with Gasteiger partial charge >= 0.3 is 0 Å². The van der Waals surface area contributed by atoms with Crippen molar-refractivity contribution in [2.75, 3.05) is 20.8 Å². The summed E-state index contributed by atoms with van der Waals surface area (Å²) in [7, 11) is 3.33. The Labute approximate surface area is 96.8 Å². The summed E-state index contributed by atoms with van der Waals surface area (Å²) < 4.78 is 10.6. The van der Waals surface area contributed by atoms with Crippen LogP contribution in [-0.4, -0.2) is 20.8 Å². The van der Waals surface area contributed by atoms with Crippen LogP contribution in [0.25, 0.3) is 0 Å². The molecule has 1 aliphatic rings. The van der Waals surface area contributed by atoms with Crippen LogP contribution < -0.4 is 14.8 Å². The molecular weight excluding hydrogens is 202 g/mol. The van der Waals surface area contributed by atoms with Crippen LogP contribution in [0.2, 0.25) is 0 Å². The fourth-order valence-corrected chi connectivity index (χ4v) is 2.33. The van der Waals surface area contributed by atoms with Crippen LogP contribution in [0.1, 0.15) is 24.9 Å². The largest absolute Gasteiger partial charge is 0.493 e. The number of ether oxygens (including phenoxy) is 2. The van der Waals surface area contributed by atoms with Gasteiger partial charge in [-0.3, -0.25) is 0 Å². The molecule has 1 aliphatic heterocycles. The van der Waals surface area contributed by atoms with Crippen molar-refractivity contribution in [2.24, 2.45) is 5.92 Å². The fourth-order valence-electron chi connectivity index (χ4n) is 2.33. The monoisotopic (exact) mass is 221 g/mol. The summed E-state index contributed by atoms with van der Waals surface area (Å²) in [6, 6.07) is 6.60. The molecule has 16 heavy (non-hydrogen) atoms. The van der Waals surface area contributed by atoms with E-state index in [0.29, 0.717) is 12.0 Å². The molecule has 3 heteroatoms. The molecule has 2 rings (SSSR count). The minimum atomic E-state index is 0.444. The van der Waals surface area contributed by atoms with E-state index in [1.165, 1.54) is 12.0 Å². The van der Waals surface area contributed by atoms with Gasteiger partial charge < -0.3 is 14.8 Å². The normalized spacial score (nSPS) is 24.4. The molecule has 0 amide bonds. The van der Waals surface area contributed by atoms with E-state index >= 15 is 0 Å². The van der Waals surface area contributed by atoms with E-state index in [1.54, 1.807) is 14.2 Å². The lowest BCUT2D eigenvalue weighted by Crippen LogP contribution is -2.16. The smallest absolute Gasteiger partial charge is 0.161 e. The molecule has 0 spiro atoms. The number of hydrogen-bond acceptors (Lipinski definition) is 3. The van der Waals surface area contributed by atoms with E-state index in [4.69, 9.17) is 9.47 Å². The molecule has 1 N–H and O–H groups in total. The lowest BCUT2D eigenvalue weighted by atomic mass is 9.96. The van der Waals surface area contributed by atoms with Gasteiger partial charge in [-0.25, -0.2) is 0 Å². The van der Waals surface area contributed by atoms with Crippen LogP contribution in [0.3, 0.4) is 0 Å². The Hall–Kier alpha value is -1.22. The van der Waals surface area contributed by atoms with Crippen LogP contribution in [0, 0.1) is 5.92 Å². The molecule has 0 aliphatic carbocycles. The second kappa shape index (κ2) is 4.74. The minimum absolute atomic E-state index is 0.444. The number of nitrogens with one attached hydrogen (secondary N) is 1. The Kier molecular flexibility index (Phi) is 3.34. The predicted molar refractivity (Wildman–Crippen MR) is 64.1 cm³/mol. The minimum Gasteiger partial charge on any atom is -0.493 e. The molecule has 1 aromatic carbocycles. The van der Waals surface area contributed by atoms with Crippen molar-refractivity contribution >= 4 is 0 Å². The van der Waals surface area contributed by atoms with Crippen molar-refractivity contribution in [1.29, 1.82) is 0 Å². The highest BCUT2D eigenvalue weighted by atomic mass is 16.5. The quantitative estimate of drug-likeness (QED) is 0.850. The van der Waals surface area contributed by atoms with Gasteiger partial charge in [0.25, 0.3) is 0 Å². The van der Waals surface area contributed by atoms with Crippen molar-refractivity contribution in [2.45, 2.75) is 19.4 Å². The maximum absolute atomic E-state index is 5.32. The highest BCUT2D eigenvalue weighted by Gasteiger charge is 2.24. The van der Waals surface area contributed by atoms with Crippen molar-refractivity contribution in [1.82, 2.24) is 5.32 Å². The van der Waals surface area contributed by atoms with Crippen LogP contribution in [0.4, 0.5) is 0 Å². The first-order chi connectivity index (χ1) is 7.76. The van der Waals surface area contributed by atoms with Crippen LogP contribution in [0.15, 0.2) is 18.2 Å². The average molecular weight is 221 g/mol. The molecule has 0 saturated carbocycles. The zero-order valence-electron chi connectivity index (χ0n) is 10.1. The Morgan fingerprint density at radius 3 is 2.50 bits per heavy atom. The summed E-state index contributed by atoms with van der Waals surface area (Å²) >= 11 is 0. The molecule has 0 unspecified atom stereocenters. The van der Waals surface area contributed by atoms with Crippen LogP contribution in [0.5, 0.6) is 11.5 Å². The summed E-state index contributed by atoms with van der Waals surface area (Å²) in [5, 5.41) is 3.52. The van der Waals surface area contributed by atoms with Gasteiger partial charge in [0.1, 0.15) is 0 Å². The van der Waals surface area contributed by atoms with Crippen molar-refractivity contribution < 1.29 is 9.47 Å². The van der Waals surface area contributed by atoms with Crippen LogP contribution in [-0.2, 0) is 0 Å². The maximum Gasteiger partial charge on any atom is 0.161 e. The van der Waals surface area contributed by atoms with Gasteiger partial charge in [0.15, 0.2) is 11.5 Å². The third kappa shape index (κ3) is 2.00. The van der Waals surface area contributed by atoms with Gasteiger partial charge in [0.05, 0.1) is 14.2 Å². The van der Waals surface area contributed by atoms with E-state index in [9.17, 15) is 0 Å². The Morgan fingerprint density at radius 1 is 1.19 bits per heavy atom. The molecule has 1 fully saturated rings. The Balaban J connectivity index is 2.28. The van der Waals surface area contributed by atoms with E-state index in [-0.39, 0.29) is 0 Å². The summed E-state index contributed by atoms with van der Waals surface area (Å²) in [5.41, 5.74) is 1.28. The van der Waals surface area contributed by atoms with Crippen molar-refractivity contribution in [3.63, 3.8) is 0 Å². The third-order valence-corrected chi connectivity index (χ3v) is 3.30. The summed E-state index contributed by atoms with van der Waals surface area (Å²) in [4.78, 5) is 0. The molecule has 0 bridgehead atoms. The fraction of sp³-hybridized carbons (Fsp3) is 0.538. The molecule has 3 nitrogen and oxygen atoms in total. The van der Waals surface area contributed by atoms with E-state index in [2.05, 4.69) is 24.4 Å². The number of rotatable bonds is 3. The standard InChI is InChI=1S/C13H19NO2/c1-9-6-7-14-13(9)10-4-5-11(15-2)12(8-10)16-3/h4-5,8-9,13-14H,6-7H2,1-3H3/t9-,13-/m0/s1. The second-order valence-electron chi connectivity index (χ2n) is 4.31. The predicted octanol–water partition coefficient (Wildman–Crippen LogP) is 2.37. The summed E-state index contributed by atoms with van der Waals surface area (Å²) in [6.07, 6.45) is 1.24. The number of hydrogen-bond donors (Lipinski definition) is 1. The van der Waals surface area contributed by atoms with E-state index in [0.717, 1.165) is 18.0 Å². The molecule has 0 aromatic heterocycles. The second-order valence-corrected chi connectivity index (χ2v) is 4.31. The first-order valence-corrected chi connectivity index (χ1v) is 5.71. The Morgan fingerprint density at radius 2 is 1.94 bits per heavy atom. The molecule has 0 radical (unpaired) electrons. The summed E-state index contributed by atoms with van der Waals surface area (Å²) in [6.45, 7) is 3.38. The van der Waals surface area contributed by atoms with E-state index < -0.39 is 0 Å².